The van der Waals surface area contributed by atoms with Crippen LogP contribution in [0.1, 0.15) is 5.69 Å². The second kappa shape index (κ2) is 7.59. The average molecular weight is 375 g/mol. The van der Waals surface area contributed by atoms with Crippen LogP contribution >= 0.6 is 23.2 Å². The second-order valence-electron chi connectivity index (χ2n) is 5.32. The fourth-order valence-corrected chi connectivity index (χ4v) is 2.70. The van der Waals surface area contributed by atoms with Crippen LogP contribution in [0.25, 0.3) is 0 Å². The Bertz CT molecular complexity index is 902. The molecule has 5 nitrogen and oxygen atoms in total. The SMILES string of the molecule is COc1cccc(Nc2nc(C)cc(Nc3ccc(Cl)cc3Cl)n2)c1. The molecule has 2 aromatic carbocycles. The lowest BCUT2D eigenvalue weighted by atomic mass is 10.3. The molecule has 0 aliphatic heterocycles. The van der Waals surface area contributed by atoms with E-state index in [0.29, 0.717) is 21.8 Å². The van der Waals surface area contributed by atoms with Crippen molar-refractivity contribution in [1.29, 1.82) is 0 Å². The van der Waals surface area contributed by atoms with Gasteiger partial charge >= 0.3 is 0 Å². The largest absolute Gasteiger partial charge is 0.497 e. The smallest absolute Gasteiger partial charge is 0.229 e. The quantitative estimate of drug-likeness (QED) is 0.609. The van der Waals surface area contributed by atoms with Crippen molar-refractivity contribution in [2.24, 2.45) is 0 Å². The van der Waals surface area contributed by atoms with Gasteiger partial charge in [0.1, 0.15) is 11.6 Å². The van der Waals surface area contributed by atoms with E-state index in [2.05, 4.69) is 20.6 Å². The molecule has 0 aliphatic rings. The number of hydrogen-bond acceptors (Lipinski definition) is 5. The Hall–Kier alpha value is -2.50. The van der Waals surface area contributed by atoms with E-state index in [1.54, 1.807) is 25.3 Å². The van der Waals surface area contributed by atoms with Crippen molar-refractivity contribution in [1.82, 2.24) is 9.97 Å². The Kier molecular flexibility index (Phi) is 5.26. The van der Waals surface area contributed by atoms with E-state index in [1.165, 1.54) is 0 Å². The highest BCUT2D eigenvalue weighted by Crippen LogP contribution is 2.28. The topological polar surface area (TPSA) is 59.1 Å². The molecule has 0 saturated carbocycles. The monoisotopic (exact) mass is 374 g/mol. The van der Waals surface area contributed by atoms with Crippen LogP contribution in [0, 0.1) is 6.92 Å². The zero-order valence-corrected chi connectivity index (χ0v) is 15.2. The number of aromatic nitrogens is 2. The van der Waals surface area contributed by atoms with Gasteiger partial charge in [-0.25, -0.2) is 4.98 Å². The van der Waals surface area contributed by atoms with Crippen LogP contribution in [0.4, 0.5) is 23.1 Å². The number of nitrogens with zero attached hydrogens (tertiary/aromatic N) is 2. The Morgan fingerprint density at radius 1 is 0.960 bits per heavy atom. The number of hydrogen-bond donors (Lipinski definition) is 2. The summed E-state index contributed by atoms with van der Waals surface area (Å²) in [6.45, 7) is 1.90. The minimum absolute atomic E-state index is 0.473. The van der Waals surface area contributed by atoms with Crippen LogP contribution in [0.5, 0.6) is 5.75 Å². The Morgan fingerprint density at radius 2 is 1.80 bits per heavy atom. The van der Waals surface area contributed by atoms with Gasteiger partial charge in [0.25, 0.3) is 0 Å². The Labute approximate surface area is 156 Å². The molecule has 128 valence electrons. The third-order valence-corrected chi connectivity index (χ3v) is 3.92. The molecule has 0 atom stereocenters. The van der Waals surface area contributed by atoms with E-state index in [4.69, 9.17) is 27.9 Å². The number of nitrogens with one attached hydrogen (secondary N) is 2. The van der Waals surface area contributed by atoms with Crippen LogP contribution in [0.15, 0.2) is 48.5 Å². The molecule has 0 bridgehead atoms. The zero-order valence-electron chi connectivity index (χ0n) is 13.7. The first-order valence-corrected chi connectivity index (χ1v) is 8.28. The van der Waals surface area contributed by atoms with Crippen molar-refractivity contribution in [3.63, 3.8) is 0 Å². The van der Waals surface area contributed by atoms with E-state index in [-0.39, 0.29) is 0 Å². The van der Waals surface area contributed by atoms with Crippen molar-refractivity contribution in [2.45, 2.75) is 6.92 Å². The molecule has 0 aliphatic carbocycles. The van der Waals surface area contributed by atoms with Gasteiger partial charge in [0.05, 0.1) is 17.8 Å². The number of halogens is 2. The highest BCUT2D eigenvalue weighted by Gasteiger charge is 2.07. The van der Waals surface area contributed by atoms with Crippen molar-refractivity contribution >= 4 is 46.3 Å². The van der Waals surface area contributed by atoms with Crippen molar-refractivity contribution in [3.8, 4) is 5.75 Å². The maximum Gasteiger partial charge on any atom is 0.229 e. The molecule has 0 saturated heterocycles. The lowest BCUT2D eigenvalue weighted by Crippen LogP contribution is -2.02. The maximum absolute atomic E-state index is 6.20. The molecule has 25 heavy (non-hydrogen) atoms. The van der Waals surface area contributed by atoms with E-state index in [0.717, 1.165) is 22.8 Å². The van der Waals surface area contributed by atoms with Gasteiger partial charge in [-0.1, -0.05) is 29.3 Å². The number of methoxy groups -OCH3 is 1. The molecule has 0 radical (unpaired) electrons. The summed E-state index contributed by atoms with van der Waals surface area (Å²) in [6.07, 6.45) is 0. The lowest BCUT2D eigenvalue weighted by molar-refractivity contribution is 0.415. The number of anilines is 4. The van der Waals surface area contributed by atoms with Crippen LogP contribution in [-0.4, -0.2) is 17.1 Å². The van der Waals surface area contributed by atoms with Crippen LogP contribution < -0.4 is 15.4 Å². The average Bonchev–Trinajstić information content (AvgIpc) is 2.57. The molecular formula is C18H16Cl2N4O. The standard InChI is InChI=1S/C18H16Cl2N4O/c1-11-8-17(23-16-7-6-12(19)9-15(16)20)24-18(21-11)22-13-4-3-5-14(10-13)25-2/h3-10H,1-2H3,(H2,21,22,23,24). The van der Waals surface area contributed by atoms with Crippen LogP contribution in [-0.2, 0) is 0 Å². The van der Waals surface area contributed by atoms with Gasteiger partial charge in [-0.2, -0.15) is 4.98 Å². The summed E-state index contributed by atoms with van der Waals surface area (Å²) in [6, 6.07) is 14.6. The normalized spacial score (nSPS) is 10.4. The summed E-state index contributed by atoms with van der Waals surface area (Å²) in [5.74, 6) is 1.85. The van der Waals surface area contributed by atoms with Crippen LogP contribution in [0.2, 0.25) is 10.0 Å². The predicted molar refractivity (Wildman–Crippen MR) is 103 cm³/mol. The first-order chi connectivity index (χ1) is 12.0. The van der Waals surface area contributed by atoms with Gasteiger partial charge in [-0.05, 0) is 37.3 Å². The number of rotatable bonds is 5. The summed E-state index contributed by atoms with van der Waals surface area (Å²) in [5, 5.41) is 7.45. The molecular weight excluding hydrogens is 359 g/mol. The summed E-state index contributed by atoms with van der Waals surface area (Å²) in [5.41, 5.74) is 2.37. The summed E-state index contributed by atoms with van der Waals surface area (Å²) in [4.78, 5) is 8.88. The molecule has 0 fully saturated rings. The Morgan fingerprint density at radius 3 is 2.56 bits per heavy atom. The first kappa shape index (κ1) is 17.3. The molecule has 1 heterocycles. The Balaban J connectivity index is 1.84. The summed E-state index contributed by atoms with van der Waals surface area (Å²) < 4.78 is 5.22. The predicted octanol–water partition coefficient (Wildman–Crippen LogP) is 5.59. The van der Waals surface area contributed by atoms with Crippen molar-refractivity contribution in [2.75, 3.05) is 17.7 Å². The van der Waals surface area contributed by atoms with Crippen molar-refractivity contribution < 1.29 is 4.74 Å². The van der Waals surface area contributed by atoms with E-state index in [9.17, 15) is 0 Å². The van der Waals surface area contributed by atoms with Crippen LogP contribution in [0.3, 0.4) is 0 Å². The van der Waals surface area contributed by atoms with E-state index >= 15 is 0 Å². The van der Waals surface area contributed by atoms with Gasteiger partial charge in [0.2, 0.25) is 5.95 Å². The second-order valence-corrected chi connectivity index (χ2v) is 6.17. The molecule has 0 unspecified atom stereocenters. The fraction of sp³-hybridized carbons (Fsp3) is 0.111. The number of ether oxygens (including phenoxy) is 1. The molecule has 1 aromatic heterocycles. The van der Waals surface area contributed by atoms with Gasteiger partial charge in [0, 0.05) is 28.5 Å². The molecule has 0 amide bonds. The molecule has 3 rings (SSSR count). The lowest BCUT2D eigenvalue weighted by Gasteiger charge is -2.11. The highest BCUT2D eigenvalue weighted by molar-refractivity contribution is 6.36. The molecule has 7 heteroatoms. The van der Waals surface area contributed by atoms with E-state index < -0.39 is 0 Å². The number of aryl methyl sites for hydroxylation is 1. The number of benzene rings is 2. The van der Waals surface area contributed by atoms with Gasteiger partial charge in [-0.15, -0.1) is 0 Å². The fourth-order valence-electron chi connectivity index (χ4n) is 2.25. The minimum atomic E-state index is 0.473. The highest BCUT2D eigenvalue weighted by atomic mass is 35.5. The maximum atomic E-state index is 6.20. The molecule has 2 N–H and O–H groups in total. The third kappa shape index (κ3) is 4.53. The van der Waals surface area contributed by atoms with Gasteiger partial charge in [-0.3, -0.25) is 0 Å². The molecule has 3 aromatic rings. The van der Waals surface area contributed by atoms with Crippen molar-refractivity contribution in [3.05, 3.63) is 64.3 Å². The summed E-state index contributed by atoms with van der Waals surface area (Å²) in [7, 11) is 1.63. The van der Waals surface area contributed by atoms with E-state index in [1.807, 2.05) is 37.3 Å². The third-order valence-electron chi connectivity index (χ3n) is 3.37. The minimum Gasteiger partial charge on any atom is -0.497 e. The van der Waals surface area contributed by atoms with Gasteiger partial charge in [0.15, 0.2) is 0 Å². The van der Waals surface area contributed by atoms with Gasteiger partial charge < -0.3 is 15.4 Å². The summed E-state index contributed by atoms with van der Waals surface area (Å²) >= 11 is 12.1. The zero-order chi connectivity index (χ0) is 17.8. The molecule has 0 spiro atoms. The first-order valence-electron chi connectivity index (χ1n) is 7.52.